The van der Waals surface area contributed by atoms with Gasteiger partial charge in [0.15, 0.2) is 0 Å². The first-order valence-corrected chi connectivity index (χ1v) is 12.3. The van der Waals surface area contributed by atoms with E-state index in [1.54, 1.807) is 0 Å². The van der Waals surface area contributed by atoms with Crippen molar-refractivity contribution in [1.82, 2.24) is 4.90 Å². The molecule has 0 amide bonds. The summed E-state index contributed by atoms with van der Waals surface area (Å²) in [5, 5.41) is 0. The van der Waals surface area contributed by atoms with Gasteiger partial charge in [-0.05, 0) is 38.5 Å². The van der Waals surface area contributed by atoms with Crippen molar-refractivity contribution in [2.24, 2.45) is 4.99 Å². The monoisotopic (exact) mass is 417 g/mol. The van der Waals surface area contributed by atoms with E-state index in [9.17, 15) is 0 Å². The molecule has 0 atom stereocenters. The third-order valence-corrected chi connectivity index (χ3v) is 5.57. The van der Waals surface area contributed by atoms with E-state index >= 15 is 0 Å². The van der Waals surface area contributed by atoms with Gasteiger partial charge in [0.2, 0.25) is 0 Å². The summed E-state index contributed by atoms with van der Waals surface area (Å²) in [5.74, 6) is 1.44. The molecule has 0 aromatic heterocycles. The number of quaternary nitrogens is 1. The van der Waals surface area contributed by atoms with Crippen molar-refractivity contribution in [3.05, 3.63) is 0 Å². The van der Waals surface area contributed by atoms with E-state index in [-0.39, 0.29) is 12.4 Å². The number of guanidine groups is 1. The van der Waals surface area contributed by atoms with Gasteiger partial charge in [0.1, 0.15) is 0 Å². The molecule has 0 radical (unpaired) electrons. The average molecular weight is 418 g/mol. The summed E-state index contributed by atoms with van der Waals surface area (Å²) in [5.41, 5.74) is 0. The molecule has 0 aliphatic heterocycles. The smallest absolute Gasteiger partial charge is 0.300 e. The van der Waals surface area contributed by atoms with Crippen LogP contribution in [0.5, 0.6) is 0 Å². The third kappa shape index (κ3) is 11.7. The van der Waals surface area contributed by atoms with Crippen LogP contribution in [0.15, 0.2) is 4.99 Å². The Kier molecular flexibility index (Phi) is 21.4. The van der Waals surface area contributed by atoms with E-state index in [0.717, 1.165) is 17.4 Å². The molecule has 0 aromatic carbocycles. The summed E-state index contributed by atoms with van der Waals surface area (Å²) < 4.78 is 1.14. The molecule has 0 spiro atoms. The van der Waals surface area contributed by atoms with Crippen LogP contribution in [0.4, 0.5) is 0 Å². The summed E-state index contributed by atoms with van der Waals surface area (Å²) in [4.78, 5) is 7.99. The first kappa shape index (κ1) is 29.9. The second-order valence-electron chi connectivity index (χ2n) is 8.25. The van der Waals surface area contributed by atoms with E-state index in [0.29, 0.717) is 0 Å². The van der Waals surface area contributed by atoms with Gasteiger partial charge in [-0.25, -0.2) is 4.99 Å². The van der Waals surface area contributed by atoms with Crippen molar-refractivity contribution < 1.29 is 16.9 Å². The van der Waals surface area contributed by atoms with Crippen LogP contribution >= 0.6 is 0 Å². The molecule has 4 heteroatoms. The number of aliphatic imine (C=N–C) groups is 1. The van der Waals surface area contributed by atoms with Gasteiger partial charge in [-0.15, -0.1) is 0 Å². The minimum Gasteiger partial charge on any atom is -1.00 e. The maximum atomic E-state index is 5.29. The molecule has 0 saturated carbocycles. The molecular formula is C24H52ClN3. The second-order valence-corrected chi connectivity index (χ2v) is 8.25. The van der Waals surface area contributed by atoms with Gasteiger partial charge < -0.3 is 17.3 Å². The zero-order valence-corrected chi connectivity index (χ0v) is 21.0. The fourth-order valence-corrected chi connectivity index (χ4v) is 3.79. The minimum atomic E-state index is 0. The van der Waals surface area contributed by atoms with Gasteiger partial charge in [0.05, 0.1) is 19.6 Å². The SMILES string of the molecule is CCCCN(CCCC)C(=NCCC)[N+](CCCC)(CCCC)CCCC.[Cl-]. The van der Waals surface area contributed by atoms with Gasteiger partial charge in [0.25, 0.3) is 5.96 Å². The van der Waals surface area contributed by atoms with Crippen LogP contribution in [0.3, 0.4) is 0 Å². The van der Waals surface area contributed by atoms with Crippen LogP contribution in [-0.2, 0) is 0 Å². The van der Waals surface area contributed by atoms with Gasteiger partial charge in [0, 0.05) is 19.6 Å². The highest BCUT2D eigenvalue weighted by Gasteiger charge is 2.36. The Morgan fingerprint density at radius 3 is 1.32 bits per heavy atom. The van der Waals surface area contributed by atoms with Gasteiger partial charge in [-0.2, -0.15) is 0 Å². The van der Waals surface area contributed by atoms with E-state index in [4.69, 9.17) is 4.99 Å². The van der Waals surface area contributed by atoms with E-state index < -0.39 is 0 Å². The second kappa shape index (κ2) is 20.0. The predicted molar refractivity (Wildman–Crippen MR) is 124 cm³/mol. The molecule has 0 unspecified atom stereocenters. The van der Waals surface area contributed by atoms with Crippen molar-refractivity contribution in [3.8, 4) is 0 Å². The third-order valence-electron chi connectivity index (χ3n) is 5.57. The maximum Gasteiger partial charge on any atom is 0.300 e. The van der Waals surface area contributed by atoms with Crippen molar-refractivity contribution in [1.29, 1.82) is 0 Å². The molecule has 0 fully saturated rings. The Morgan fingerprint density at radius 2 is 1.00 bits per heavy atom. The molecule has 0 aromatic rings. The highest BCUT2D eigenvalue weighted by atomic mass is 35.5. The summed E-state index contributed by atoms with van der Waals surface area (Å²) in [6.45, 7) is 21.1. The molecule has 0 heterocycles. The fraction of sp³-hybridized carbons (Fsp3) is 0.958. The van der Waals surface area contributed by atoms with Crippen molar-refractivity contribution in [2.45, 2.75) is 112 Å². The van der Waals surface area contributed by atoms with Crippen molar-refractivity contribution in [3.63, 3.8) is 0 Å². The van der Waals surface area contributed by atoms with Crippen molar-refractivity contribution in [2.75, 3.05) is 39.3 Å². The minimum absolute atomic E-state index is 0. The van der Waals surface area contributed by atoms with E-state index in [1.165, 1.54) is 103 Å². The first-order chi connectivity index (χ1) is 13.2. The van der Waals surface area contributed by atoms with Crippen LogP contribution in [0, 0.1) is 0 Å². The van der Waals surface area contributed by atoms with Crippen LogP contribution < -0.4 is 12.4 Å². The zero-order valence-electron chi connectivity index (χ0n) is 20.2. The number of halogens is 1. The Balaban J connectivity index is 0. The van der Waals surface area contributed by atoms with Crippen LogP contribution in [0.25, 0.3) is 0 Å². The van der Waals surface area contributed by atoms with Crippen LogP contribution in [0.1, 0.15) is 112 Å². The normalized spacial score (nSPS) is 12.1. The predicted octanol–water partition coefficient (Wildman–Crippen LogP) is 3.88. The summed E-state index contributed by atoms with van der Waals surface area (Å²) in [6.07, 6.45) is 14.0. The molecule has 0 aliphatic rings. The lowest BCUT2D eigenvalue weighted by Crippen LogP contribution is -3.00. The lowest BCUT2D eigenvalue weighted by atomic mass is 10.1. The van der Waals surface area contributed by atoms with Crippen LogP contribution in [-0.4, -0.2) is 54.6 Å². The van der Waals surface area contributed by atoms with Crippen LogP contribution in [0.2, 0.25) is 0 Å². The Bertz CT molecular complexity index is 328. The molecule has 3 nitrogen and oxygen atoms in total. The Labute approximate surface area is 184 Å². The number of hydrogen-bond acceptors (Lipinski definition) is 1. The molecule has 170 valence electrons. The van der Waals surface area contributed by atoms with Gasteiger partial charge in [-0.1, -0.05) is 73.6 Å². The fourth-order valence-electron chi connectivity index (χ4n) is 3.79. The number of hydrogen-bond donors (Lipinski definition) is 0. The topological polar surface area (TPSA) is 15.6 Å². The average Bonchev–Trinajstić information content (AvgIpc) is 2.69. The molecule has 28 heavy (non-hydrogen) atoms. The van der Waals surface area contributed by atoms with Crippen molar-refractivity contribution >= 4 is 5.96 Å². The summed E-state index contributed by atoms with van der Waals surface area (Å²) >= 11 is 0. The quantitative estimate of drug-likeness (QED) is 0.199. The van der Waals surface area contributed by atoms with Gasteiger partial charge >= 0.3 is 0 Å². The zero-order chi connectivity index (χ0) is 20.4. The van der Waals surface area contributed by atoms with Gasteiger partial charge in [-0.3, -0.25) is 4.48 Å². The first-order valence-electron chi connectivity index (χ1n) is 12.3. The molecule has 0 aliphatic carbocycles. The standard InChI is InChI=1S/C24H52N3.ClH/c1-7-13-19-26(20-14-8-2)24(25-18-12-6)27(21-15-9-3,22-16-10-4)23-17-11-5;/h7-23H2,1-6H3;1H/q+1;/p-1. The Morgan fingerprint density at radius 1 is 0.607 bits per heavy atom. The van der Waals surface area contributed by atoms with E-state index in [2.05, 4.69) is 46.4 Å². The molecule has 0 saturated heterocycles. The number of nitrogens with zero attached hydrogens (tertiary/aromatic N) is 3. The lowest BCUT2D eigenvalue weighted by molar-refractivity contribution is -0.848. The maximum absolute atomic E-state index is 5.29. The largest absolute Gasteiger partial charge is 1.00 e. The molecule has 0 bridgehead atoms. The Hall–Kier alpha value is -0.280. The lowest BCUT2D eigenvalue weighted by Gasteiger charge is -2.43. The number of rotatable bonds is 17. The molecule has 0 N–H and O–H groups in total. The summed E-state index contributed by atoms with van der Waals surface area (Å²) in [7, 11) is 0. The highest BCUT2D eigenvalue weighted by molar-refractivity contribution is 5.73. The number of unbranched alkanes of at least 4 members (excludes halogenated alkanes) is 5. The van der Waals surface area contributed by atoms with E-state index in [1.807, 2.05) is 0 Å². The highest BCUT2D eigenvalue weighted by Crippen LogP contribution is 2.20. The molecular weight excluding hydrogens is 366 g/mol. The summed E-state index contributed by atoms with van der Waals surface area (Å²) in [6, 6.07) is 0. The molecule has 0 rings (SSSR count).